The van der Waals surface area contributed by atoms with Crippen LogP contribution in [-0.4, -0.2) is 11.3 Å². The Kier molecular flexibility index (Phi) is 4.41. The van der Waals surface area contributed by atoms with Crippen LogP contribution in [0.25, 0.3) is 11.3 Å². The second-order valence-corrected chi connectivity index (χ2v) is 6.52. The fraction of sp³-hybridized carbons (Fsp3) is 0.0952. The Morgan fingerprint density at radius 3 is 2.31 bits per heavy atom. The number of anilines is 1. The number of fused-ring (bicyclic) bond motifs is 1. The van der Waals surface area contributed by atoms with Crippen LogP contribution in [0.2, 0.25) is 0 Å². The molecule has 0 spiro atoms. The summed E-state index contributed by atoms with van der Waals surface area (Å²) in [6.07, 6.45) is -1.16. The Balaban J connectivity index is 1.77. The van der Waals surface area contributed by atoms with Gasteiger partial charge in [0.15, 0.2) is 11.4 Å². The van der Waals surface area contributed by atoms with E-state index in [1.165, 1.54) is 36.4 Å². The summed E-state index contributed by atoms with van der Waals surface area (Å²) in [6.45, 7) is 4.14. The van der Waals surface area contributed by atoms with Gasteiger partial charge in [-0.1, -0.05) is 18.7 Å². The molecule has 1 aliphatic heterocycles. The summed E-state index contributed by atoms with van der Waals surface area (Å²) in [4.78, 5) is 4.96. The molecule has 4 rings (SSSR count). The summed E-state index contributed by atoms with van der Waals surface area (Å²) < 4.78 is 56.4. The highest BCUT2D eigenvalue weighted by molar-refractivity contribution is 5.94. The van der Waals surface area contributed by atoms with Crippen LogP contribution >= 0.6 is 0 Å². The van der Waals surface area contributed by atoms with Gasteiger partial charge in [0.25, 0.3) is 0 Å². The van der Waals surface area contributed by atoms with E-state index < -0.39 is 6.36 Å². The van der Waals surface area contributed by atoms with Crippen molar-refractivity contribution in [2.75, 3.05) is 4.90 Å². The van der Waals surface area contributed by atoms with Gasteiger partial charge in [-0.25, -0.2) is 13.9 Å². The van der Waals surface area contributed by atoms with Crippen molar-refractivity contribution in [2.45, 2.75) is 6.36 Å². The normalized spacial score (nSPS) is 13.9. The van der Waals surface area contributed by atoms with E-state index in [-0.39, 0.29) is 11.6 Å². The number of hydrogen-bond donors (Lipinski definition) is 1. The summed E-state index contributed by atoms with van der Waals surface area (Å²) in [6, 6.07) is 11.6. The molecule has 0 saturated heterocycles. The highest BCUT2D eigenvalue weighted by Gasteiger charge is 2.33. The summed E-state index contributed by atoms with van der Waals surface area (Å²) in [5.74, 6) is -0.650. The van der Waals surface area contributed by atoms with Gasteiger partial charge < -0.3 is 9.64 Å². The molecule has 0 bridgehead atoms. The third-order valence-electron chi connectivity index (χ3n) is 4.59. The molecule has 0 unspecified atom stereocenters. The lowest BCUT2D eigenvalue weighted by Gasteiger charge is -2.27. The van der Waals surface area contributed by atoms with Gasteiger partial charge in [0.05, 0.1) is 12.7 Å². The molecule has 3 aromatic rings. The number of aryl methyl sites for hydroxylation is 1. The molecule has 0 amide bonds. The number of halogens is 4. The minimum Gasteiger partial charge on any atom is -0.406 e. The van der Waals surface area contributed by atoms with Crippen LogP contribution < -0.4 is 14.2 Å². The molecule has 2 aromatic carbocycles. The zero-order valence-corrected chi connectivity index (χ0v) is 15.3. The lowest BCUT2D eigenvalue weighted by atomic mass is 9.97. The monoisotopic (exact) mass is 402 g/mol. The van der Waals surface area contributed by atoms with Crippen molar-refractivity contribution in [2.24, 2.45) is 7.05 Å². The number of benzene rings is 2. The van der Waals surface area contributed by atoms with Gasteiger partial charge in [0.1, 0.15) is 11.6 Å². The van der Waals surface area contributed by atoms with E-state index >= 15 is 0 Å². The van der Waals surface area contributed by atoms with Crippen molar-refractivity contribution in [1.29, 1.82) is 0 Å². The van der Waals surface area contributed by atoms with Crippen LogP contribution in [0.5, 0.6) is 5.75 Å². The number of imidazole rings is 1. The van der Waals surface area contributed by atoms with Crippen LogP contribution in [-0.2, 0) is 7.05 Å². The van der Waals surface area contributed by atoms with Crippen molar-refractivity contribution >= 4 is 17.0 Å². The molecule has 0 radical (unpaired) electrons. The molecule has 2 heterocycles. The minimum atomic E-state index is -4.75. The van der Waals surface area contributed by atoms with Crippen LogP contribution in [0.15, 0.2) is 67.6 Å². The molecule has 1 aromatic heterocycles. The third-order valence-corrected chi connectivity index (χ3v) is 4.59. The largest absolute Gasteiger partial charge is 0.573 e. The number of nitrogens with zero attached hydrogens (tertiary/aromatic N) is 2. The van der Waals surface area contributed by atoms with Gasteiger partial charge >= 0.3 is 6.36 Å². The van der Waals surface area contributed by atoms with E-state index in [9.17, 15) is 17.6 Å². The van der Waals surface area contributed by atoms with Gasteiger partial charge in [-0.3, -0.25) is 0 Å². The molecular formula is C21H16F4N3O+. The lowest BCUT2D eigenvalue weighted by Crippen LogP contribution is -2.34. The molecule has 1 aliphatic rings. The third kappa shape index (κ3) is 3.61. The number of alkyl halides is 3. The van der Waals surface area contributed by atoms with Crippen LogP contribution in [0.3, 0.4) is 0 Å². The first-order chi connectivity index (χ1) is 13.7. The molecule has 0 aliphatic carbocycles. The van der Waals surface area contributed by atoms with E-state index in [1.807, 2.05) is 17.8 Å². The molecular weight excluding hydrogens is 386 g/mol. The molecule has 29 heavy (non-hydrogen) atoms. The van der Waals surface area contributed by atoms with Crippen LogP contribution in [0, 0.1) is 5.82 Å². The zero-order valence-electron chi connectivity index (χ0n) is 15.3. The second kappa shape index (κ2) is 6.80. The summed E-state index contributed by atoms with van der Waals surface area (Å²) >= 11 is 0. The van der Waals surface area contributed by atoms with Gasteiger partial charge in [-0.15, -0.1) is 13.2 Å². The Morgan fingerprint density at radius 2 is 1.69 bits per heavy atom. The van der Waals surface area contributed by atoms with E-state index in [1.54, 1.807) is 23.4 Å². The topological polar surface area (TPSA) is 32.1 Å². The van der Waals surface area contributed by atoms with Crippen molar-refractivity contribution in [3.05, 3.63) is 90.4 Å². The quantitative estimate of drug-likeness (QED) is 0.506. The van der Waals surface area contributed by atoms with Gasteiger partial charge in [0, 0.05) is 17.5 Å². The number of hydrogen-bond acceptors (Lipinski definition) is 2. The first kappa shape index (κ1) is 18.8. The number of rotatable bonds is 3. The highest BCUT2D eigenvalue weighted by atomic mass is 19.4. The first-order valence-corrected chi connectivity index (χ1v) is 8.62. The Bertz CT molecular complexity index is 1100. The summed E-state index contributed by atoms with van der Waals surface area (Å²) in [5.41, 5.74) is 4.45. The van der Waals surface area contributed by atoms with Gasteiger partial charge in [-0.05, 0) is 42.0 Å². The predicted molar refractivity (Wildman–Crippen MR) is 100 cm³/mol. The standard InChI is InChI=1S/C21H15F4N3O/c1-13-20-19(26-12-27(20)2)18(14-3-5-15(22)6-4-14)11-28(13)16-7-9-17(10-8-16)29-21(23,24)25/h3-12H,1H2,2H3/p+1. The maximum atomic E-state index is 13.4. The molecule has 0 saturated carbocycles. The van der Waals surface area contributed by atoms with E-state index in [2.05, 4.69) is 16.3 Å². The van der Waals surface area contributed by atoms with Crippen LogP contribution in [0.1, 0.15) is 17.0 Å². The maximum absolute atomic E-state index is 13.4. The van der Waals surface area contributed by atoms with E-state index in [0.29, 0.717) is 11.4 Å². The zero-order chi connectivity index (χ0) is 20.8. The SMILES string of the molecule is C=C1c2c([nH]c[n+]2C)C(c2ccc(F)cc2)=CN1c1ccc(OC(F)(F)F)cc1. The van der Waals surface area contributed by atoms with Gasteiger partial charge in [0.2, 0.25) is 6.33 Å². The smallest absolute Gasteiger partial charge is 0.406 e. The molecule has 0 fully saturated rings. The Labute approximate surface area is 164 Å². The predicted octanol–water partition coefficient (Wildman–Crippen LogP) is 4.76. The van der Waals surface area contributed by atoms with Crippen molar-refractivity contribution in [3.63, 3.8) is 0 Å². The fourth-order valence-corrected chi connectivity index (χ4v) is 3.30. The van der Waals surface area contributed by atoms with Crippen molar-refractivity contribution in [1.82, 2.24) is 4.98 Å². The minimum absolute atomic E-state index is 0.306. The molecule has 8 heteroatoms. The lowest BCUT2D eigenvalue weighted by molar-refractivity contribution is -0.672. The average Bonchev–Trinajstić information content (AvgIpc) is 3.05. The number of aromatic amines is 1. The van der Waals surface area contributed by atoms with Crippen LogP contribution in [0.4, 0.5) is 23.2 Å². The number of ether oxygens (including phenoxy) is 1. The van der Waals surface area contributed by atoms with Crippen molar-refractivity contribution < 1.29 is 26.9 Å². The highest BCUT2D eigenvalue weighted by Crippen LogP contribution is 2.37. The average molecular weight is 402 g/mol. The number of nitrogens with one attached hydrogen (secondary N) is 1. The Morgan fingerprint density at radius 1 is 1.03 bits per heavy atom. The number of aromatic nitrogens is 2. The molecule has 1 N–H and O–H groups in total. The first-order valence-electron chi connectivity index (χ1n) is 8.62. The Hall–Kier alpha value is -3.55. The second-order valence-electron chi connectivity index (χ2n) is 6.52. The van der Waals surface area contributed by atoms with Gasteiger partial charge in [-0.2, -0.15) is 0 Å². The summed E-state index contributed by atoms with van der Waals surface area (Å²) in [5, 5.41) is 0. The molecule has 4 nitrogen and oxygen atoms in total. The maximum Gasteiger partial charge on any atom is 0.573 e. The number of H-pyrrole nitrogens is 1. The molecule has 148 valence electrons. The van der Waals surface area contributed by atoms with Crippen molar-refractivity contribution in [3.8, 4) is 5.75 Å². The fourth-order valence-electron chi connectivity index (χ4n) is 3.30. The van der Waals surface area contributed by atoms with E-state index in [4.69, 9.17) is 0 Å². The van der Waals surface area contributed by atoms with E-state index in [0.717, 1.165) is 22.5 Å². The summed E-state index contributed by atoms with van der Waals surface area (Å²) in [7, 11) is 1.85. The molecule has 0 atom stereocenters.